The van der Waals surface area contributed by atoms with Gasteiger partial charge in [-0.2, -0.15) is 11.3 Å². The molecule has 6 aromatic rings. The van der Waals surface area contributed by atoms with E-state index in [1.807, 2.05) is 103 Å². The molecule has 0 saturated carbocycles. The zero-order chi connectivity index (χ0) is 38.4. The third-order valence-electron chi connectivity index (χ3n) is 7.69. The number of benzene rings is 3. The van der Waals surface area contributed by atoms with Crippen molar-refractivity contribution in [2.45, 2.75) is 84.4 Å². The molecule has 3 aromatic carbocycles. The standard InChI is InChI=1S/C25H26NS.C18H24GeN.Ir/c1-16(2)18-9-10-19-20-7-6-8-21(24(20)27-23(19)14-18)22-13-17(11-12-26-22)15-25(3,4)5;1-14(2)11-16-12-18(15-9-7-6-8-10-15)20-13-17(16)19(3,4)5;/h6-7,9-14,16H,15H2,1-5H3;6-9,12-14H,11H2,1-5H3;/q2*-1;/i15D2,16D;11D2;. The molecule has 2 nitrogen and oxygen atoms in total. The van der Waals surface area contributed by atoms with Crippen LogP contribution in [0.25, 0.3) is 42.7 Å². The molecule has 48 heavy (non-hydrogen) atoms. The predicted octanol–water partition coefficient (Wildman–Crippen LogP) is 11.9. The van der Waals surface area contributed by atoms with Gasteiger partial charge >= 0.3 is 128 Å². The normalized spacial score (nSPS) is 14.3. The molecule has 0 bridgehead atoms. The fraction of sp³-hybridized carbons (Fsp3) is 0.349. The fourth-order valence-corrected chi connectivity index (χ4v) is 9.70. The molecule has 0 amide bonds. The fourth-order valence-electron chi connectivity index (χ4n) is 5.50. The number of pyridine rings is 2. The van der Waals surface area contributed by atoms with Gasteiger partial charge in [0.25, 0.3) is 0 Å². The largest absolute Gasteiger partial charge is 0 e. The van der Waals surface area contributed by atoms with Gasteiger partial charge in [0.05, 0.1) is 0 Å². The first-order chi connectivity index (χ1) is 24.0. The van der Waals surface area contributed by atoms with Gasteiger partial charge in [-0.15, -0.1) is 23.8 Å². The molecule has 0 fully saturated rings. The van der Waals surface area contributed by atoms with Gasteiger partial charge in [0, 0.05) is 35.1 Å². The maximum absolute atomic E-state index is 8.62. The number of nitrogens with zero attached hydrogens (tertiary/aromatic N) is 2. The van der Waals surface area contributed by atoms with Crippen molar-refractivity contribution in [3.05, 3.63) is 114 Å². The van der Waals surface area contributed by atoms with Crippen molar-refractivity contribution >= 4 is 49.2 Å². The summed E-state index contributed by atoms with van der Waals surface area (Å²) in [5.41, 5.74) is 5.25. The summed E-state index contributed by atoms with van der Waals surface area (Å²) in [5.74, 6) is 6.13. The number of hydrogen-bond acceptors (Lipinski definition) is 3. The third kappa shape index (κ3) is 9.53. The van der Waals surface area contributed by atoms with Crippen LogP contribution in [0, 0.1) is 23.5 Å². The summed E-state index contributed by atoms with van der Waals surface area (Å²) < 4.78 is 46.1. The van der Waals surface area contributed by atoms with Gasteiger partial charge in [-0.05, 0) is 51.2 Å². The van der Waals surface area contributed by atoms with E-state index in [9.17, 15) is 0 Å². The summed E-state index contributed by atoms with van der Waals surface area (Å²) in [6.07, 6.45) is 0.772. The second-order valence-electron chi connectivity index (χ2n) is 14.7. The van der Waals surface area contributed by atoms with Crippen LogP contribution in [-0.4, -0.2) is 23.2 Å². The molecule has 0 saturated heterocycles. The first kappa shape index (κ1) is 31.4. The van der Waals surface area contributed by atoms with Gasteiger partial charge in [0.15, 0.2) is 0 Å². The number of aromatic nitrogens is 2. The van der Waals surface area contributed by atoms with E-state index in [1.54, 1.807) is 23.6 Å². The van der Waals surface area contributed by atoms with Crippen molar-refractivity contribution in [3.8, 4) is 22.5 Å². The quantitative estimate of drug-likeness (QED) is 0.118. The van der Waals surface area contributed by atoms with Gasteiger partial charge in [-0.1, -0.05) is 63.8 Å². The number of fused-ring (bicyclic) bond motifs is 3. The zero-order valence-electron chi connectivity index (χ0n) is 34.8. The van der Waals surface area contributed by atoms with E-state index < -0.39 is 37.3 Å². The molecule has 1 radical (unpaired) electrons. The Morgan fingerprint density at radius 1 is 0.875 bits per heavy atom. The van der Waals surface area contributed by atoms with Crippen LogP contribution >= 0.6 is 11.3 Å². The van der Waals surface area contributed by atoms with Gasteiger partial charge in [0.1, 0.15) is 0 Å². The summed E-state index contributed by atoms with van der Waals surface area (Å²) >= 11 is -0.518. The summed E-state index contributed by atoms with van der Waals surface area (Å²) in [5, 5.41) is 2.31. The average Bonchev–Trinajstić information content (AvgIpc) is 3.46. The van der Waals surface area contributed by atoms with Crippen LogP contribution in [0.15, 0.2) is 85.2 Å². The van der Waals surface area contributed by atoms with E-state index in [4.69, 9.17) is 6.85 Å². The Hall–Kier alpha value is -2.63. The molecule has 0 aliphatic carbocycles. The molecule has 5 heteroatoms. The molecule has 0 spiro atoms. The van der Waals surface area contributed by atoms with E-state index in [0.717, 1.165) is 52.8 Å². The van der Waals surface area contributed by atoms with Crippen LogP contribution in [0.3, 0.4) is 0 Å². The minimum atomic E-state index is -2.20. The molecule has 253 valence electrons. The third-order valence-corrected chi connectivity index (χ3v) is 13.1. The van der Waals surface area contributed by atoms with Crippen LogP contribution < -0.4 is 4.40 Å². The SMILES string of the molecule is [2H]C(C)(C)c1ccc2c(c1)sc1c(-c3cc(C([2H])([2H])C(C)(C)C)ccn3)[c-]ccc12.[2H]C([2H])(c1cc(-c2[c-]cccc2)nc[c]1[Ge]([CH3])([CH3])[CH3])C(C)C.[Ir]. The second kappa shape index (κ2) is 15.9. The second-order valence-corrected chi connectivity index (χ2v) is 26.3. The summed E-state index contributed by atoms with van der Waals surface area (Å²) in [6.45, 7) is 13.4. The van der Waals surface area contributed by atoms with E-state index >= 15 is 0 Å². The van der Waals surface area contributed by atoms with Gasteiger partial charge in [0.2, 0.25) is 0 Å². The van der Waals surface area contributed by atoms with Gasteiger partial charge < -0.3 is 4.98 Å². The van der Waals surface area contributed by atoms with Crippen LogP contribution in [0.5, 0.6) is 0 Å². The van der Waals surface area contributed by atoms with Crippen LogP contribution in [0.2, 0.25) is 17.3 Å². The van der Waals surface area contributed by atoms with Crippen LogP contribution in [-0.2, 0) is 32.9 Å². The Kier molecular flexibility index (Phi) is 10.4. The molecule has 0 N–H and O–H groups in total. The van der Waals surface area contributed by atoms with E-state index in [1.165, 1.54) is 5.39 Å². The molecule has 6 rings (SSSR count). The Bertz CT molecular complexity index is 2200. The monoisotopic (exact) mass is 898 g/mol. The maximum atomic E-state index is 8.62. The molecular weight excluding hydrogens is 841 g/mol. The Labute approximate surface area is 316 Å². The molecule has 0 aliphatic rings. The van der Waals surface area contributed by atoms with Crippen molar-refractivity contribution < 1.29 is 27.0 Å². The van der Waals surface area contributed by atoms with Crippen molar-refractivity contribution in [1.29, 1.82) is 0 Å². The number of thiophene rings is 1. The van der Waals surface area contributed by atoms with E-state index in [-0.39, 0.29) is 26.0 Å². The van der Waals surface area contributed by atoms with Crippen LogP contribution in [0.1, 0.15) is 77.9 Å². The van der Waals surface area contributed by atoms with Crippen molar-refractivity contribution in [3.63, 3.8) is 0 Å². The van der Waals surface area contributed by atoms with Gasteiger partial charge in [-0.3, -0.25) is 0 Å². The maximum Gasteiger partial charge on any atom is 0 e. The predicted molar refractivity (Wildman–Crippen MR) is 209 cm³/mol. The molecule has 0 unspecified atom stereocenters. The smallest absolute Gasteiger partial charge is 0 e. The Balaban J connectivity index is 0.000000244. The molecule has 3 aromatic heterocycles. The zero-order valence-corrected chi connectivity index (χ0v) is 35.1. The van der Waals surface area contributed by atoms with Crippen molar-refractivity contribution in [1.82, 2.24) is 9.97 Å². The molecular formula is C43H50GeIrN2S-2. The first-order valence-corrected chi connectivity index (χ1v) is 24.5. The number of rotatable bonds is 7. The summed E-state index contributed by atoms with van der Waals surface area (Å²) in [4.78, 5) is 9.16. The Morgan fingerprint density at radius 3 is 2.29 bits per heavy atom. The molecule has 3 heterocycles. The van der Waals surface area contributed by atoms with Gasteiger partial charge in [-0.25, -0.2) is 0 Å². The summed E-state index contributed by atoms with van der Waals surface area (Å²) in [7, 11) is 0. The van der Waals surface area contributed by atoms with Crippen LogP contribution in [0.4, 0.5) is 0 Å². The minimum absolute atomic E-state index is 0. The van der Waals surface area contributed by atoms with E-state index in [2.05, 4.69) is 57.6 Å². The minimum Gasteiger partial charge on any atom is 0 e. The Morgan fingerprint density at radius 2 is 1.65 bits per heavy atom. The topological polar surface area (TPSA) is 25.8 Å². The van der Waals surface area contributed by atoms with Crippen molar-refractivity contribution in [2.24, 2.45) is 11.3 Å². The first-order valence-electron chi connectivity index (χ1n) is 18.9. The number of hydrogen-bond donors (Lipinski definition) is 0. The van der Waals surface area contributed by atoms with Crippen molar-refractivity contribution in [2.75, 3.05) is 0 Å². The van der Waals surface area contributed by atoms with E-state index in [0.29, 0.717) is 5.56 Å². The average molecular weight is 897 g/mol. The summed E-state index contributed by atoms with van der Waals surface area (Å²) in [6, 6.07) is 30.0. The molecule has 0 atom stereocenters. The molecule has 0 aliphatic heterocycles.